The van der Waals surface area contributed by atoms with Gasteiger partial charge >= 0.3 is 0 Å². The fourth-order valence-electron chi connectivity index (χ4n) is 5.15. The van der Waals surface area contributed by atoms with Crippen LogP contribution in [0.3, 0.4) is 0 Å². The van der Waals surface area contributed by atoms with Crippen molar-refractivity contribution in [2.75, 3.05) is 16.6 Å². The molecule has 2 atom stereocenters. The van der Waals surface area contributed by atoms with E-state index in [-0.39, 0.29) is 11.8 Å². The number of amides is 2. The average molecular weight is 495 g/mol. The van der Waals surface area contributed by atoms with Gasteiger partial charge in [0, 0.05) is 17.3 Å². The van der Waals surface area contributed by atoms with Gasteiger partial charge in [0.25, 0.3) is 11.8 Å². The summed E-state index contributed by atoms with van der Waals surface area (Å²) in [6.45, 7) is 6.29. The molecule has 2 unspecified atom stereocenters. The zero-order valence-electron chi connectivity index (χ0n) is 21.2. The van der Waals surface area contributed by atoms with Gasteiger partial charge < -0.3 is 4.74 Å². The van der Waals surface area contributed by atoms with Crippen molar-refractivity contribution < 1.29 is 14.3 Å². The molecule has 2 aliphatic heterocycles. The Hall–Kier alpha value is -4.26. The van der Waals surface area contributed by atoms with Gasteiger partial charge in [-0.05, 0) is 56.2 Å². The van der Waals surface area contributed by atoms with Crippen LogP contribution in [0.25, 0.3) is 0 Å². The topological polar surface area (TPSA) is 74.6 Å². The molecule has 2 amide bonds. The molecule has 0 saturated carbocycles. The number of benzene rings is 3. The minimum atomic E-state index is -0.651. The van der Waals surface area contributed by atoms with E-state index >= 15 is 0 Å². The summed E-state index contributed by atoms with van der Waals surface area (Å²) >= 11 is 0. The minimum Gasteiger partial charge on any atom is -0.493 e. The van der Waals surface area contributed by atoms with Crippen molar-refractivity contribution in [1.29, 1.82) is 0 Å². The number of anilines is 2. The first-order chi connectivity index (χ1) is 18.0. The first-order valence-electron chi connectivity index (χ1n) is 12.6. The van der Waals surface area contributed by atoms with Crippen molar-refractivity contribution in [3.63, 3.8) is 0 Å². The van der Waals surface area contributed by atoms with Crippen LogP contribution in [0.2, 0.25) is 0 Å². The molecule has 3 aromatic carbocycles. The van der Waals surface area contributed by atoms with Crippen LogP contribution in [0, 0.1) is 11.8 Å². The Morgan fingerprint density at radius 1 is 0.730 bits per heavy atom. The average Bonchev–Trinajstić information content (AvgIpc) is 3.39. The predicted octanol–water partition coefficient (Wildman–Crippen LogP) is 5.64. The maximum atomic E-state index is 14.0. The molecule has 0 bridgehead atoms. The highest BCUT2D eigenvalue weighted by Crippen LogP contribution is 2.45. The zero-order chi connectivity index (χ0) is 25.9. The van der Waals surface area contributed by atoms with Crippen LogP contribution in [0.4, 0.5) is 11.4 Å². The predicted molar refractivity (Wildman–Crippen MR) is 146 cm³/mol. The highest BCUT2D eigenvalue weighted by Gasteiger charge is 2.50. The number of hydrazone groups is 2. The van der Waals surface area contributed by atoms with E-state index in [1.165, 1.54) is 10.0 Å². The molecule has 0 fully saturated rings. The standard InChI is InChI=1S/C30H30N4O3/c1-4-19-37-25-18-12-11-17-24(25)28(26-20(2)31-33(29(26)35)22-13-7-5-8-14-22)27-21(3)32-34(30(27)36)23-15-9-6-10-16-23/h5-18,26-28H,4,19H2,1-3H3. The summed E-state index contributed by atoms with van der Waals surface area (Å²) in [5, 5.41) is 12.2. The summed E-state index contributed by atoms with van der Waals surface area (Å²) in [4.78, 5) is 28.0. The molecule has 5 rings (SSSR count). The van der Waals surface area contributed by atoms with E-state index in [0.717, 1.165) is 12.0 Å². The van der Waals surface area contributed by atoms with Gasteiger partial charge in [-0.3, -0.25) is 9.59 Å². The van der Waals surface area contributed by atoms with Gasteiger partial charge in [0.1, 0.15) is 5.75 Å². The summed E-state index contributed by atoms with van der Waals surface area (Å²) in [6, 6.07) is 26.4. The lowest BCUT2D eigenvalue weighted by atomic mass is 9.72. The molecule has 3 aromatic rings. The van der Waals surface area contributed by atoms with Crippen LogP contribution >= 0.6 is 0 Å². The van der Waals surface area contributed by atoms with Crippen molar-refractivity contribution in [2.45, 2.75) is 33.1 Å². The smallest absolute Gasteiger partial charge is 0.256 e. The summed E-state index contributed by atoms with van der Waals surface area (Å²) in [5.41, 5.74) is 3.50. The molecule has 7 nitrogen and oxygen atoms in total. The van der Waals surface area contributed by atoms with Gasteiger partial charge in [-0.1, -0.05) is 61.5 Å². The van der Waals surface area contributed by atoms with E-state index in [4.69, 9.17) is 4.74 Å². The maximum Gasteiger partial charge on any atom is 0.256 e. The van der Waals surface area contributed by atoms with Crippen LogP contribution in [0.15, 0.2) is 95.1 Å². The van der Waals surface area contributed by atoms with Gasteiger partial charge in [0.15, 0.2) is 0 Å². The molecular formula is C30H30N4O3. The van der Waals surface area contributed by atoms with Crippen molar-refractivity contribution in [1.82, 2.24) is 0 Å². The fourth-order valence-corrected chi connectivity index (χ4v) is 5.15. The fraction of sp³-hybridized carbons (Fsp3) is 0.267. The molecule has 2 heterocycles. The molecule has 0 aromatic heterocycles. The van der Waals surface area contributed by atoms with Crippen LogP contribution in [0.1, 0.15) is 38.7 Å². The second kappa shape index (κ2) is 10.4. The number of hydrogen-bond acceptors (Lipinski definition) is 5. The van der Waals surface area contributed by atoms with E-state index in [9.17, 15) is 9.59 Å². The van der Waals surface area contributed by atoms with Crippen LogP contribution in [0.5, 0.6) is 5.75 Å². The second-order valence-corrected chi connectivity index (χ2v) is 9.32. The van der Waals surface area contributed by atoms with Crippen LogP contribution < -0.4 is 14.8 Å². The van der Waals surface area contributed by atoms with Gasteiger partial charge in [-0.2, -0.15) is 10.2 Å². The van der Waals surface area contributed by atoms with E-state index in [2.05, 4.69) is 10.2 Å². The Bertz CT molecular complexity index is 1270. The van der Waals surface area contributed by atoms with Crippen molar-refractivity contribution in [3.8, 4) is 5.75 Å². The molecule has 0 aliphatic carbocycles. The second-order valence-electron chi connectivity index (χ2n) is 9.32. The van der Waals surface area contributed by atoms with E-state index in [1.54, 1.807) is 0 Å². The van der Waals surface area contributed by atoms with Gasteiger partial charge in [-0.25, -0.2) is 10.0 Å². The summed E-state index contributed by atoms with van der Waals surface area (Å²) in [7, 11) is 0. The highest BCUT2D eigenvalue weighted by atomic mass is 16.5. The third kappa shape index (κ3) is 4.53. The Morgan fingerprint density at radius 2 is 1.19 bits per heavy atom. The van der Waals surface area contributed by atoms with Crippen LogP contribution in [-0.4, -0.2) is 29.8 Å². The lowest BCUT2D eigenvalue weighted by molar-refractivity contribution is -0.122. The number of ether oxygens (including phenoxy) is 1. The Labute approximate surface area is 217 Å². The first kappa shape index (κ1) is 24.4. The molecule has 0 radical (unpaired) electrons. The van der Waals surface area contributed by atoms with Crippen molar-refractivity contribution >= 4 is 34.6 Å². The SMILES string of the molecule is CCCOc1ccccc1C(C1C(=O)N(c2ccccc2)N=C1C)C1C(=O)N(c2ccccc2)N=C1C. The number of para-hydroxylation sites is 3. The number of carbonyl (C=O) groups excluding carboxylic acids is 2. The monoisotopic (exact) mass is 494 g/mol. The molecule has 0 spiro atoms. The van der Waals surface area contributed by atoms with Crippen LogP contribution in [-0.2, 0) is 9.59 Å². The number of carbonyl (C=O) groups is 2. The van der Waals surface area contributed by atoms with Gasteiger partial charge in [-0.15, -0.1) is 0 Å². The Balaban J connectivity index is 1.60. The lowest BCUT2D eigenvalue weighted by Crippen LogP contribution is -2.40. The number of rotatable bonds is 8. The number of hydrogen-bond donors (Lipinski definition) is 0. The molecule has 0 N–H and O–H groups in total. The summed E-state index contributed by atoms with van der Waals surface area (Å²) in [6.07, 6.45) is 0.842. The van der Waals surface area contributed by atoms with E-state index in [1.807, 2.05) is 106 Å². The Morgan fingerprint density at radius 3 is 1.68 bits per heavy atom. The summed E-state index contributed by atoms with van der Waals surface area (Å²) < 4.78 is 6.12. The third-order valence-corrected chi connectivity index (χ3v) is 6.82. The molecular weight excluding hydrogens is 464 g/mol. The lowest BCUT2D eigenvalue weighted by Gasteiger charge is -2.30. The van der Waals surface area contributed by atoms with Crippen molar-refractivity contribution in [3.05, 3.63) is 90.5 Å². The maximum absolute atomic E-state index is 14.0. The largest absolute Gasteiger partial charge is 0.493 e. The summed E-state index contributed by atoms with van der Waals surface area (Å²) in [5.74, 6) is -1.51. The molecule has 188 valence electrons. The quantitative estimate of drug-likeness (QED) is 0.407. The normalized spacial score (nSPS) is 20.2. The third-order valence-electron chi connectivity index (χ3n) is 6.82. The molecule has 7 heteroatoms. The number of nitrogens with zero attached hydrogens (tertiary/aromatic N) is 4. The molecule has 0 saturated heterocycles. The molecule has 37 heavy (non-hydrogen) atoms. The van der Waals surface area contributed by atoms with Gasteiger partial charge in [0.2, 0.25) is 0 Å². The van der Waals surface area contributed by atoms with E-state index < -0.39 is 17.8 Å². The molecule has 2 aliphatic rings. The zero-order valence-corrected chi connectivity index (χ0v) is 21.2. The van der Waals surface area contributed by atoms with E-state index in [0.29, 0.717) is 35.2 Å². The van der Waals surface area contributed by atoms with Gasteiger partial charge in [0.05, 0.1) is 29.8 Å². The highest BCUT2D eigenvalue weighted by molar-refractivity contribution is 6.19. The van der Waals surface area contributed by atoms with Crippen molar-refractivity contribution in [2.24, 2.45) is 22.0 Å². The first-order valence-corrected chi connectivity index (χ1v) is 12.6. The Kier molecular flexibility index (Phi) is 6.86. The minimum absolute atomic E-state index is 0.169.